The Morgan fingerprint density at radius 1 is 1.32 bits per heavy atom. The number of benzene rings is 1. The molecule has 0 radical (unpaired) electrons. The van der Waals surface area contributed by atoms with Gasteiger partial charge in [-0.05, 0) is 57.4 Å². The number of nitrogens with zero attached hydrogens (tertiary/aromatic N) is 1. The van der Waals surface area contributed by atoms with Gasteiger partial charge in [0.15, 0.2) is 0 Å². The van der Waals surface area contributed by atoms with Crippen molar-refractivity contribution in [3.8, 4) is 5.75 Å². The number of nitrogens with two attached hydrogens (primary N) is 1. The van der Waals surface area contributed by atoms with Gasteiger partial charge in [0.05, 0.1) is 6.61 Å². The van der Waals surface area contributed by atoms with E-state index in [1.54, 1.807) is 32.9 Å². The first kappa shape index (κ1) is 22.2. The molecule has 154 valence electrons. The quantitative estimate of drug-likeness (QED) is 0.351. The summed E-state index contributed by atoms with van der Waals surface area (Å²) >= 11 is 3.35. The Balaban J connectivity index is 2.06. The lowest BCUT2D eigenvalue weighted by molar-refractivity contribution is -0.155. The first-order chi connectivity index (χ1) is 13.1. The summed E-state index contributed by atoms with van der Waals surface area (Å²) in [7, 11) is 0. The van der Waals surface area contributed by atoms with Gasteiger partial charge in [0.25, 0.3) is 5.91 Å². The van der Waals surface area contributed by atoms with Crippen molar-refractivity contribution in [3.63, 3.8) is 0 Å². The van der Waals surface area contributed by atoms with Crippen LogP contribution in [0.4, 0.5) is 0 Å². The van der Waals surface area contributed by atoms with E-state index in [0.29, 0.717) is 17.9 Å². The zero-order valence-corrected chi connectivity index (χ0v) is 18.1. The third kappa shape index (κ3) is 5.95. The molecule has 1 unspecified atom stereocenters. The van der Waals surface area contributed by atoms with E-state index in [4.69, 9.17) is 15.2 Å². The molecule has 1 heterocycles. The summed E-state index contributed by atoms with van der Waals surface area (Å²) in [5.41, 5.74) is 6.22. The van der Waals surface area contributed by atoms with Crippen LogP contribution in [0.5, 0.6) is 5.75 Å². The lowest BCUT2D eigenvalue weighted by atomic mass is 10.1. The minimum absolute atomic E-state index is 0.00586. The monoisotopic (exact) mass is 454 g/mol. The van der Waals surface area contributed by atoms with Gasteiger partial charge in [0, 0.05) is 23.9 Å². The summed E-state index contributed by atoms with van der Waals surface area (Å²) in [5.74, 6) is -0.655. The second-order valence-electron chi connectivity index (χ2n) is 7.69. The van der Waals surface area contributed by atoms with Crippen LogP contribution in [0.25, 0.3) is 0 Å². The molecule has 0 spiro atoms. The van der Waals surface area contributed by atoms with Gasteiger partial charge in [-0.25, -0.2) is 0 Å². The van der Waals surface area contributed by atoms with Crippen molar-refractivity contribution in [1.82, 2.24) is 4.90 Å². The summed E-state index contributed by atoms with van der Waals surface area (Å²) < 4.78 is 10.9. The maximum absolute atomic E-state index is 12.7. The lowest BCUT2D eigenvalue weighted by Crippen LogP contribution is -2.45. The fraction of sp³-hybridized carbons (Fsp3) is 0.550. The molecule has 0 aliphatic carbocycles. The van der Waals surface area contributed by atoms with Gasteiger partial charge in [-0.2, -0.15) is 0 Å². The van der Waals surface area contributed by atoms with Crippen LogP contribution < -0.4 is 10.5 Å². The first-order valence-corrected chi connectivity index (χ1v) is 10.4. The SMILES string of the molecule is CC(C)(C)OC(=O)CCC(C(N)=O)N1Cc2cc(OCCCBr)ccc2C1=O. The van der Waals surface area contributed by atoms with Crippen LogP contribution in [0.2, 0.25) is 0 Å². The van der Waals surface area contributed by atoms with Crippen LogP contribution in [0.15, 0.2) is 18.2 Å². The molecule has 2 N–H and O–H groups in total. The maximum Gasteiger partial charge on any atom is 0.306 e. The zero-order chi connectivity index (χ0) is 20.9. The number of fused-ring (bicyclic) bond motifs is 1. The average molecular weight is 455 g/mol. The third-order valence-corrected chi connectivity index (χ3v) is 4.76. The molecule has 7 nitrogen and oxygen atoms in total. The molecular weight excluding hydrogens is 428 g/mol. The van der Waals surface area contributed by atoms with Crippen molar-refractivity contribution in [2.24, 2.45) is 5.73 Å². The number of primary amides is 1. The molecular formula is C20H27BrN2O5. The summed E-state index contributed by atoms with van der Waals surface area (Å²) in [5, 5.41) is 0.849. The fourth-order valence-corrected chi connectivity index (χ4v) is 3.23. The molecule has 0 bridgehead atoms. The lowest BCUT2D eigenvalue weighted by Gasteiger charge is -2.25. The van der Waals surface area contributed by atoms with Crippen molar-refractivity contribution >= 4 is 33.7 Å². The van der Waals surface area contributed by atoms with E-state index in [0.717, 1.165) is 17.3 Å². The molecule has 0 saturated carbocycles. The highest BCUT2D eigenvalue weighted by atomic mass is 79.9. The number of amides is 2. The summed E-state index contributed by atoms with van der Waals surface area (Å²) in [6, 6.07) is 4.39. The van der Waals surface area contributed by atoms with Gasteiger partial charge >= 0.3 is 5.97 Å². The molecule has 1 aliphatic heterocycles. The summed E-state index contributed by atoms with van der Waals surface area (Å²) in [4.78, 5) is 38.1. The van der Waals surface area contributed by atoms with Gasteiger partial charge in [0.2, 0.25) is 5.91 Å². The highest BCUT2D eigenvalue weighted by molar-refractivity contribution is 9.09. The Hall–Kier alpha value is -2.09. The Labute approximate surface area is 173 Å². The Morgan fingerprint density at radius 2 is 2.04 bits per heavy atom. The fourth-order valence-electron chi connectivity index (χ4n) is 3.00. The predicted octanol–water partition coefficient (Wildman–Crippen LogP) is 2.78. The predicted molar refractivity (Wildman–Crippen MR) is 108 cm³/mol. The van der Waals surface area contributed by atoms with Crippen molar-refractivity contribution in [1.29, 1.82) is 0 Å². The van der Waals surface area contributed by atoms with E-state index < -0.39 is 23.5 Å². The molecule has 0 aromatic heterocycles. The van der Waals surface area contributed by atoms with E-state index >= 15 is 0 Å². The van der Waals surface area contributed by atoms with E-state index in [9.17, 15) is 14.4 Å². The third-order valence-electron chi connectivity index (χ3n) is 4.20. The average Bonchev–Trinajstić information content (AvgIpc) is 2.90. The smallest absolute Gasteiger partial charge is 0.306 e. The number of hydrogen-bond donors (Lipinski definition) is 1. The molecule has 2 amide bonds. The van der Waals surface area contributed by atoms with Crippen molar-refractivity contribution in [2.75, 3.05) is 11.9 Å². The van der Waals surface area contributed by atoms with Crippen molar-refractivity contribution < 1.29 is 23.9 Å². The van der Waals surface area contributed by atoms with Gasteiger partial charge in [-0.15, -0.1) is 0 Å². The number of ether oxygens (including phenoxy) is 2. The Morgan fingerprint density at radius 3 is 2.64 bits per heavy atom. The van der Waals surface area contributed by atoms with E-state index in [1.807, 2.05) is 6.07 Å². The van der Waals surface area contributed by atoms with Gasteiger partial charge < -0.3 is 20.1 Å². The normalized spacial score (nSPS) is 14.6. The molecule has 0 saturated heterocycles. The minimum atomic E-state index is -0.870. The second-order valence-corrected chi connectivity index (χ2v) is 8.48. The number of hydrogen-bond acceptors (Lipinski definition) is 5. The van der Waals surface area contributed by atoms with E-state index in [1.165, 1.54) is 4.90 Å². The second kappa shape index (κ2) is 9.41. The van der Waals surface area contributed by atoms with E-state index in [-0.39, 0.29) is 25.3 Å². The summed E-state index contributed by atoms with van der Waals surface area (Å²) in [6.45, 7) is 6.14. The minimum Gasteiger partial charge on any atom is -0.494 e. The molecule has 1 atom stereocenters. The number of carbonyl (C=O) groups is 3. The zero-order valence-electron chi connectivity index (χ0n) is 16.5. The molecule has 2 rings (SSSR count). The van der Waals surface area contributed by atoms with Crippen LogP contribution >= 0.6 is 15.9 Å². The Kier molecular flexibility index (Phi) is 7.46. The number of alkyl halides is 1. The highest BCUT2D eigenvalue weighted by Crippen LogP contribution is 2.29. The van der Waals surface area contributed by atoms with Crippen molar-refractivity contribution in [3.05, 3.63) is 29.3 Å². The van der Waals surface area contributed by atoms with E-state index in [2.05, 4.69) is 15.9 Å². The highest BCUT2D eigenvalue weighted by Gasteiger charge is 2.36. The molecule has 1 aliphatic rings. The first-order valence-electron chi connectivity index (χ1n) is 9.26. The molecule has 1 aromatic carbocycles. The van der Waals surface area contributed by atoms with Crippen LogP contribution in [0.3, 0.4) is 0 Å². The maximum atomic E-state index is 12.7. The number of rotatable bonds is 9. The number of esters is 1. The summed E-state index contributed by atoms with van der Waals surface area (Å²) in [6.07, 6.45) is 1.00. The van der Waals surface area contributed by atoms with Crippen LogP contribution in [-0.4, -0.2) is 46.3 Å². The topological polar surface area (TPSA) is 98.9 Å². The number of carbonyl (C=O) groups excluding carboxylic acids is 3. The van der Waals surface area contributed by atoms with Gasteiger partial charge in [-0.3, -0.25) is 14.4 Å². The molecule has 8 heteroatoms. The number of halogens is 1. The molecule has 1 aromatic rings. The van der Waals surface area contributed by atoms with Crippen LogP contribution in [0.1, 0.15) is 56.0 Å². The van der Waals surface area contributed by atoms with Crippen LogP contribution in [-0.2, 0) is 20.9 Å². The molecule has 0 fully saturated rings. The largest absolute Gasteiger partial charge is 0.494 e. The molecule has 28 heavy (non-hydrogen) atoms. The van der Waals surface area contributed by atoms with Crippen molar-refractivity contribution in [2.45, 2.75) is 58.2 Å². The van der Waals surface area contributed by atoms with Gasteiger partial charge in [-0.1, -0.05) is 15.9 Å². The van der Waals surface area contributed by atoms with Gasteiger partial charge in [0.1, 0.15) is 17.4 Å². The Bertz CT molecular complexity index is 745. The van der Waals surface area contributed by atoms with Crippen LogP contribution in [0, 0.1) is 0 Å². The standard InChI is InChI=1S/C20H27BrN2O5/c1-20(2,3)28-17(24)8-7-16(18(22)25)23-12-13-11-14(27-10-4-9-21)5-6-15(13)19(23)26/h5-6,11,16H,4,7-10,12H2,1-3H3,(H2,22,25).